The summed E-state index contributed by atoms with van der Waals surface area (Å²) < 4.78 is 5.28. The van der Waals surface area contributed by atoms with E-state index in [-0.39, 0.29) is 11.7 Å². The Morgan fingerprint density at radius 1 is 1.45 bits per heavy atom. The number of aliphatic hydroxyl groups is 1. The first kappa shape index (κ1) is 14.5. The fourth-order valence-corrected chi connectivity index (χ4v) is 3.09. The number of rotatable bonds is 3. The molecule has 0 unspecified atom stereocenters. The Balaban J connectivity index is 2.05. The average molecular weight is 300 g/mol. The van der Waals surface area contributed by atoms with Gasteiger partial charge in [-0.3, -0.25) is 9.69 Å². The summed E-state index contributed by atoms with van der Waals surface area (Å²) in [5.74, 6) is 1.61. The maximum Gasteiger partial charge on any atom is 0.258 e. The molecule has 1 aliphatic rings. The van der Waals surface area contributed by atoms with Gasteiger partial charge in [-0.05, 0) is 38.0 Å². The number of hydrogen-bond acceptors (Lipinski definition) is 3. The van der Waals surface area contributed by atoms with Gasteiger partial charge < -0.3 is 14.8 Å². The lowest BCUT2D eigenvalue weighted by Crippen LogP contribution is -2.31. The smallest absolute Gasteiger partial charge is 0.258 e. The predicted octanol–water partition coefficient (Wildman–Crippen LogP) is 3.31. The zero-order valence-electron chi connectivity index (χ0n) is 13.1. The van der Waals surface area contributed by atoms with E-state index in [9.17, 15) is 9.90 Å². The van der Waals surface area contributed by atoms with Crippen LogP contribution in [0, 0.1) is 0 Å². The number of H-pyrrole nitrogens is 1. The molecule has 116 valence electrons. The van der Waals surface area contributed by atoms with Crippen molar-refractivity contribution >= 4 is 22.6 Å². The van der Waals surface area contributed by atoms with Crippen LogP contribution >= 0.6 is 0 Å². The second-order valence-corrected chi connectivity index (χ2v) is 5.49. The van der Waals surface area contributed by atoms with Crippen LogP contribution in [-0.2, 0) is 11.2 Å². The van der Waals surface area contributed by atoms with Crippen LogP contribution in [0.1, 0.15) is 25.8 Å². The molecule has 0 saturated carbocycles. The molecule has 5 nitrogen and oxygen atoms in total. The Kier molecular flexibility index (Phi) is 3.56. The molecule has 2 heterocycles. The largest absolute Gasteiger partial charge is 0.512 e. The van der Waals surface area contributed by atoms with E-state index >= 15 is 0 Å². The first-order valence-electron chi connectivity index (χ1n) is 7.46. The molecular weight excluding hydrogens is 280 g/mol. The molecule has 22 heavy (non-hydrogen) atoms. The van der Waals surface area contributed by atoms with E-state index in [2.05, 4.69) is 4.98 Å². The number of anilines is 1. The van der Waals surface area contributed by atoms with Crippen molar-refractivity contribution < 1.29 is 14.6 Å². The zero-order chi connectivity index (χ0) is 15.9. The standard InChI is InChI=1S/C17H20N2O3/c1-4-12(10(2)20)17(21)19-8-7-13-14-9-11(22-3)5-6-15(14)18-16(13)19/h5-6,9,18,20H,4,7-8H2,1-3H3/b12-10+. The third-order valence-electron chi connectivity index (χ3n) is 4.24. The van der Waals surface area contributed by atoms with Crippen molar-refractivity contribution in [3.8, 4) is 5.75 Å². The number of ether oxygens (including phenoxy) is 1. The van der Waals surface area contributed by atoms with Gasteiger partial charge in [-0.25, -0.2) is 0 Å². The fraction of sp³-hybridized carbons (Fsp3) is 0.353. The van der Waals surface area contributed by atoms with E-state index in [4.69, 9.17) is 4.74 Å². The van der Waals surface area contributed by atoms with E-state index in [1.54, 1.807) is 18.9 Å². The van der Waals surface area contributed by atoms with E-state index < -0.39 is 0 Å². The van der Waals surface area contributed by atoms with Crippen molar-refractivity contribution in [1.29, 1.82) is 0 Å². The number of allylic oxidation sites excluding steroid dienone is 1. The van der Waals surface area contributed by atoms with Crippen LogP contribution in [0.2, 0.25) is 0 Å². The van der Waals surface area contributed by atoms with E-state index in [0.29, 0.717) is 18.5 Å². The van der Waals surface area contributed by atoms with Gasteiger partial charge in [0.2, 0.25) is 0 Å². The third kappa shape index (κ3) is 2.13. The van der Waals surface area contributed by atoms with Crippen LogP contribution in [0.15, 0.2) is 29.5 Å². The van der Waals surface area contributed by atoms with E-state index in [0.717, 1.165) is 34.5 Å². The Bertz CT molecular complexity index is 770. The van der Waals surface area contributed by atoms with Crippen molar-refractivity contribution in [3.63, 3.8) is 0 Å². The topological polar surface area (TPSA) is 65.6 Å². The van der Waals surface area contributed by atoms with Crippen molar-refractivity contribution in [2.75, 3.05) is 18.6 Å². The Morgan fingerprint density at radius 3 is 2.86 bits per heavy atom. The SMILES string of the molecule is CC/C(C(=O)N1CCc2c1[nH]c1ccc(OC)cc21)=C(/C)O. The molecule has 0 spiro atoms. The molecule has 2 N–H and O–H groups in total. The Morgan fingerprint density at radius 2 is 2.23 bits per heavy atom. The molecule has 1 aromatic heterocycles. The van der Waals surface area contributed by atoms with Crippen molar-refractivity contribution in [2.24, 2.45) is 0 Å². The van der Waals surface area contributed by atoms with Crippen LogP contribution in [0.5, 0.6) is 5.75 Å². The average Bonchev–Trinajstić information content (AvgIpc) is 3.05. The first-order chi connectivity index (χ1) is 10.6. The summed E-state index contributed by atoms with van der Waals surface area (Å²) >= 11 is 0. The first-order valence-corrected chi connectivity index (χ1v) is 7.46. The van der Waals surface area contributed by atoms with Crippen molar-refractivity contribution in [1.82, 2.24) is 4.98 Å². The van der Waals surface area contributed by atoms with Gasteiger partial charge in [0.25, 0.3) is 5.91 Å². The van der Waals surface area contributed by atoms with E-state index in [1.807, 2.05) is 25.1 Å². The molecular formula is C17H20N2O3. The van der Waals surface area contributed by atoms with Gasteiger partial charge in [-0.15, -0.1) is 0 Å². The molecule has 0 bridgehead atoms. The molecule has 1 amide bonds. The van der Waals surface area contributed by atoms with Gasteiger partial charge >= 0.3 is 0 Å². The van der Waals surface area contributed by atoms with Gasteiger partial charge in [0, 0.05) is 23.0 Å². The summed E-state index contributed by atoms with van der Waals surface area (Å²) in [6.07, 6.45) is 1.32. The number of fused-ring (bicyclic) bond motifs is 3. The minimum absolute atomic E-state index is 0.0960. The lowest BCUT2D eigenvalue weighted by atomic mass is 10.1. The van der Waals surface area contributed by atoms with Crippen LogP contribution in [0.3, 0.4) is 0 Å². The Labute approximate surface area is 129 Å². The minimum atomic E-state index is -0.125. The zero-order valence-corrected chi connectivity index (χ0v) is 13.1. The highest BCUT2D eigenvalue weighted by Crippen LogP contribution is 2.36. The molecule has 1 aromatic carbocycles. The summed E-state index contributed by atoms with van der Waals surface area (Å²) in [6.45, 7) is 4.06. The number of aromatic nitrogens is 1. The second-order valence-electron chi connectivity index (χ2n) is 5.49. The number of aromatic amines is 1. The van der Waals surface area contributed by atoms with Gasteiger partial charge in [-0.2, -0.15) is 0 Å². The second kappa shape index (κ2) is 5.40. The number of aliphatic hydroxyl groups excluding tert-OH is 1. The molecule has 1 aliphatic heterocycles. The van der Waals surface area contributed by atoms with Crippen LogP contribution in [0.4, 0.5) is 5.82 Å². The highest BCUT2D eigenvalue weighted by Gasteiger charge is 2.30. The summed E-state index contributed by atoms with van der Waals surface area (Å²) in [6, 6.07) is 5.85. The van der Waals surface area contributed by atoms with Gasteiger partial charge in [0.1, 0.15) is 11.6 Å². The minimum Gasteiger partial charge on any atom is -0.512 e. The predicted molar refractivity (Wildman–Crippen MR) is 86.5 cm³/mol. The number of amides is 1. The van der Waals surface area contributed by atoms with Crippen molar-refractivity contribution in [2.45, 2.75) is 26.7 Å². The molecule has 0 saturated heterocycles. The highest BCUT2D eigenvalue weighted by molar-refractivity contribution is 6.08. The van der Waals surface area contributed by atoms with Gasteiger partial charge in [0.15, 0.2) is 0 Å². The Hall–Kier alpha value is -2.43. The number of benzene rings is 1. The highest BCUT2D eigenvalue weighted by atomic mass is 16.5. The molecule has 5 heteroatoms. The number of methoxy groups -OCH3 is 1. The normalized spacial score (nSPS) is 15.0. The third-order valence-corrected chi connectivity index (χ3v) is 4.24. The van der Waals surface area contributed by atoms with E-state index in [1.165, 1.54) is 0 Å². The number of carbonyl (C=O) groups is 1. The van der Waals surface area contributed by atoms with Crippen LogP contribution in [0.25, 0.3) is 10.9 Å². The molecule has 0 aliphatic carbocycles. The number of carbonyl (C=O) groups excluding carboxylic acids is 1. The lowest BCUT2D eigenvalue weighted by Gasteiger charge is -2.17. The molecule has 0 atom stereocenters. The summed E-state index contributed by atoms with van der Waals surface area (Å²) in [5, 5.41) is 10.8. The summed E-state index contributed by atoms with van der Waals surface area (Å²) in [7, 11) is 1.65. The number of hydrogen-bond donors (Lipinski definition) is 2. The van der Waals surface area contributed by atoms with Gasteiger partial charge in [-0.1, -0.05) is 6.92 Å². The lowest BCUT2D eigenvalue weighted by molar-refractivity contribution is -0.115. The monoisotopic (exact) mass is 300 g/mol. The number of nitrogens with zero attached hydrogens (tertiary/aromatic N) is 1. The molecule has 0 radical (unpaired) electrons. The quantitative estimate of drug-likeness (QED) is 0.675. The van der Waals surface area contributed by atoms with Crippen LogP contribution in [-0.4, -0.2) is 29.7 Å². The van der Waals surface area contributed by atoms with Crippen LogP contribution < -0.4 is 9.64 Å². The number of nitrogens with one attached hydrogen (secondary N) is 1. The summed E-state index contributed by atoms with van der Waals surface area (Å²) in [5.41, 5.74) is 2.59. The molecule has 3 rings (SSSR count). The fourth-order valence-electron chi connectivity index (χ4n) is 3.09. The maximum absolute atomic E-state index is 12.6. The molecule has 2 aromatic rings. The summed E-state index contributed by atoms with van der Waals surface area (Å²) in [4.78, 5) is 17.7. The molecule has 0 fully saturated rings. The van der Waals surface area contributed by atoms with Crippen molar-refractivity contribution in [3.05, 3.63) is 35.1 Å². The van der Waals surface area contributed by atoms with Gasteiger partial charge in [0.05, 0.1) is 18.4 Å². The maximum atomic E-state index is 12.6.